The van der Waals surface area contributed by atoms with Crippen LogP contribution >= 0.6 is 0 Å². The second kappa shape index (κ2) is 5.29. The smallest absolute Gasteiger partial charge is 0.334 e. The van der Waals surface area contributed by atoms with E-state index in [0.29, 0.717) is 18.5 Å². The summed E-state index contributed by atoms with van der Waals surface area (Å²) in [6.07, 6.45) is 9.19. The van der Waals surface area contributed by atoms with Gasteiger partial charge in [0.2, 0.25) is 0 Å². The number of rotatable bonds is 3. The molecular formula is C17H14N2O2. The number of cyclic esters (lactones) is 1. The Balaban J connectivity index is 1.98. The third-order valence-electron chi connectivity index (χ3n) is 3.47. The van der Waals surface area contributed by atoms with Gasteiger partial charge in [-0.15, -0.1) is 6.42 Å². The molecule has 21 heavy (non-hydrogen) atoms. The summed E-state index contributed by atoms with van der Waals surface area (Å²) in [7, 11) is 0. The summed E-state index contributed by atoms with van der Waals surface area (Å²) >= 11 is 0. The Morgan fingerprint density at radius 2 is 2.29 bits per heavy atom. The molecule has 3 rings (SSSR count). The molecule has 1 unspecified atom stereocenters. The van der Waals surface area contributed by atoms with Crippen molar-refractivity contribution in [3.8, 4) is 23.5 Å². The molecule has 4 nitrogen and oxygen atoms in total. The Kier molecular flexibility index (Phi) is 3.33. The van der Waals surface area contributed by atoms with Gasteiger partial charge in [-0.3, -0.25) is 4.68 Å². The molecule has 1 aromatic carbocycles. The molecule has 1 fully saturated rings. The van der Waals surface area contributed by atoms with Crippen LogP contribution in [-0.2, 0) is 16.1 Å². The fourth-order valence-corrected chi connectivity index (χ4v) is 2.46. The molecular weight excluding hydrogens is 264 g/mol. The van der Waals surface area contributed by atoms with Gasteiger partial charge >= 0.3 is 5.97 Å². The number of nitrogens with zero attached hydrogens (tertiary/aromatic N) is 2. The van der Waals surface area contributed by atoms with Crippen LogP contribution in [0.5, 0.6) is 0 Å². The summed E-state index contributed by atoms with van der Waals surface area (Å²) < 4.78 is 7.08. The molecule has 1 saturated heterocycles. The number of hydrogen-bond donors (Lipinski definition) is 0. The maximum absolute atomic E-state index is 11.5. The first kappa shape index (κ1) is 13.2. The lowest BCUT2D eigenvalue weighted by Crippen LogP contribution is -2.00. The number of esters is 1. The fraction of sp³-hybridized carbons (Fsp3) is 0.176. The molecule has 1 atom stereocenters. The van der Waals surface area contributed by atoms with Crippen molar-refractivity contribution in [1.82, 2.24) is 9.78 Å². The lowest BCUT2D eigenvalue weighted by molar-refractivity contribution is -0.139. The summed E-state index contributed by atoms with van der Waals surface area (Å²) in [6.45, 7) is 4.16. The van der Waals surface area contributed by atoms with Gasteiger partial charge < -0.3 is 4.74 Å². The topological polar surface area (TPSA) is 44.1 Å². The first-order valence-electron chi connectivity index (χ1n) is 6.63. The molecule has 0 spiro atoms. The Morgan fingerprint density at radius 3 is 3.00 bits per heavy atom. The average molecular weight is 278 g/mol. The van der Waals surface area contributed by atoms with Crippen molar-refractivity contribution in [1.29, 1.82) is 0 Å². The minimum atomic E-state index is -0.321. The Morgan fingerprint density at radius 1 is 1.48 bits per heavy atom. The van der Waals surface area contributed by atoms with E-state index in [1.807, 2.05) is 30.5 Å². The quantitative estimate of drug-likeness (QED) is 0.492. The number of aromatic nitrogens is 2. The van der Waals surface area contributed by atoms with E-state index in [0.717, 1.165) is 16.7 Å². The molecule has 0 N–H and O–H groups in total. The highest BCUT2D eigenvalue weighted by Gasteiger charge is 2.30. The second-order valence-corrected chi connectivity index (χ2v) is 4.92. The van der Waals surface area contributed by atoms with Gasteiger partial charge in [0, 0.05) is 29.3 Å². The van der Waals surface area contributed by atoms with E-state index in [-0.39, 0.29) is 12.1 Å². The third-order valence-corrected chi connectivity index (χ3v) is 3.47. The zero-order valence-corrected chi connectivity index (χ0v) is 11.5. The molecule has 2 heterocycles. The summed E-state index contributed by atoms with van der Waals surface area (Å²) in [5.41, 5.74) is 3.42. The standard InChI is InChI=1S/C17H14N2O2/c1-3-8-19-11-13(10-18-19)14-6-4-5-7-15(14)16-9-12(2)17(20)21-16/h1,4-7,10-11,16H,2,8-9H2. The lowest BCUT2D eigenvalue weighted by atomic mass is 9.96. The number of hydrogen-bond acceptors (Lipinski definition) is 3. The summed E-state index contributed by atoms with van der Waals surface area (Å²) in [5.74, 6) is 2.23. The van der Waals surface area contributed by atoms with E-state index in [9.17, 15) is 4.79 Å². The van der Waals surface area contributed by atoms with Crippen LogP contribution in [0.15, 0.2) is 48.8 Å². The first-order chi connectivity index (χ1) is 10.2. The van der Waals surface area contributed by atoms with E-state index in [2.05, 4.69) is 17.6 Å². The minimum absolute atomic E-state index is 0.280. The predicted molar refractivity (Wildman–Crippen MR) is 79.1 cm³/mol. The fourth-order valence-electron chi connectivity index (χ4n) is 2.46. The predicted octanol–water partition coefficient (Wildman–Crippen LogP) is 2.73. The Bertz CT molecular complexity index is 736. The van der Waals surface area contributed by atoms with E-state index < -0.39 is 0 Å². The van der Waals surface area contributed by atoms with Gasteiger partial charge in [-0.05, 0) is 5.56 Å². The summed E-state index contributed by atoms with van der Waals surface area (Å²) in [4.78, 5) is 11.5. The van der Waals surface area contributed by atoms with Crippen LogP contribution in [-0.4, -0.2) is 15.7 Å². The molecule has 1 aliphatic heterocycles. The van der Waals surface area contributed by atoms with Gasteiger partial charge in [-0.25, -0.2) is 4.79 Å². The van der Waals surface area contributed by atoms with Crippen LogP contribution in [0.25, 0.3) is 11.1 Å². The molecule has 1 aromatic heterocycles. The normalized spacial score (nSPS) is 17.6. The summed E-state index contributed by atoms with van der Waals surface area (Å²) in [5, 5.41) is 4.23. The van der Waals surface area contributed by atoms with Gasteiger partial charge in [0.05, 0.1) is 6.20 Å². The second-order valence-electron chi connectivity index (χ2n) is 4.92. The maximum atomic E-state index is 11.5. The van der Waals surface area contributed by atoms with Gasteiger partial charge in [-0.2, -0.15) is 5.10 Å². The van der Waals surface area contributed by atoms with Crippen LogP contribution in [0.2, 0.25) is 0 Å². The third kappa shape index (κ3) is 2.46. The SMILES string of the molecule is C#CCn1cc(-c2ccccc2C2CC(=C)C(=O)O2)cn1. The van der Waals surface area contributed by atoms with Crippen molar-refractivity contribution in [3.05, 3.63) is 54.4 Å². The van der Waals surface area contributed by atoms with Crippen molar-refractivity contribution in [3.63, 3.8) is 0 Å². The summed E-state index contributed by atoms with van der Waals surface area (Å²) in [6, 6.07) is 7.83. The Hall–Kier alpha value is -2.80. The molecule has 104 valence electrons. The lowest BCUT2D eigenvalue weighted by Gasteiger charge is -2.13. The van der Waals surface area contributed by atoms with Crippen LogP contribution < -0.4 is 0 Å². The van der Waals surface area contributed by atoms with Gasteiger partial charge in [0.1, 0.15) is 12.6 Å². The van der Waals surface area contributed by atoms with Crippen molar-refractivity contribution in [2.24, 2.45) is 0 Å². The van der Waals surface area contributed by atoms with Gasteiger partial charge in [-0.1, -0.05) is 36.8 Å². The van der Waals surface area contributed by atoms with Crippen molar-refractivity contribution < 1.29 is 9.53 Å². The van der Waals surface area contributed by atoms with E-state index in [4.69, 9.17) is 11.2 Å². The van der Waals surface area contributed by atoms with Crippen molar-refractivity contribution >= 4 is 5.97 Å². The molecule has 0 aliphatic carbocycles. The van der Waals surface area contributed by atoms with Crippen LogP contribution in [0.3, 0.4) is 0 Å². The molecule has 0 saturated carbocycles. The van der Waals surface area contributed by atoms with Crippen LogP contribution in [0, 0.1) is 12.3 Å². The van der Waals surface area contributed by atoms with E-state index in [1.165, 1.54) is 0 Å². The zero-order valence-electron chi connectivity index (χ0n) is 11.5. The number of benzene rings is 1. The monoisotopic (exact) mass is 278 g/mol. The van der Waals surface area contributed by atoms with Crippen molar-refractivity contribution in [2.45, 2.75) is 19.1 Å². The average Bonchev–Trinajstić information content (AvgIpc) is 3.07. The first-order valence-corrected chi connectivity index (χ1v) is 6.63. The minimum Gasteiger partial charge on any atom is -0.454 e. The Labute approximate surface area is 123 Å². The zero-order chi connectivity index (χ0) is 14.8. The maximum Gasteiger partial charge on any atom is 0.334 e. The van der Waals surface area contributed by atoms with Gasteiger partial charge in [0.15, 0.2) is 0 Å². The highest BCUT2D eigenvalue weighted by atomic mass is 16.5. The number of terminal acetylenes is 1. The largest absolute Gasteiger partial charge is 0.454 e. The van der Waals surface area contributed by atoms with E-state index in [1.54, 1.807) is 10.9 Å². The number of carbonyl (C=O) groups excluding carboxylic acids is 1. The van der Waals surface area contributed by atoms with Crippen molar-refractivity contribution in [2.75, 3.05) is 0 Å². The van der Waals surface area contributed by atoms with Gasteiger partial charge in [0.25, 0.3) is 0 Å². The van der Waals surface area contributed by atoms with Crippen LogP contribution in [0.4, 0.5) is 0 Å². The molecule has 1 aliphatic rings. The highest BCUT2D eigenvalue weighted by Crippen LogP contribution is 2.37. The molecule has 0 radical (unpaired) electrons. The van der Waals surface area contributed by atoms with E-state index >= 15 is 0 Å². The molecule has 0 bridgehead atoms. The molecule has 2 aromatic rings. The highest BCUT2D eigenvalue weighted by molar-refractivity contribution is 5.90. The molecule has 0 amide bonds. The molecule has 4 heteroatoms. The number of ether oxygens (including phenoxy) is 1. The van der Waals surface area contributed by atoms with Crippen LogP contribution in [0.1, 0.15) is 18.1 Å². The number of carbonyl (C=O) groups is 1.